The lowest BCUT2D eigenvalue weighted by molar-refractivity contribution is 0.0653. The van der Waals surface area contributed by atoms with Gasteiger partial charge in [0.2, 0.25) is 0 Å². The molecule has 3 aromatic rings. The van der Waals surface area contributed by atoms with Gasteiger partial charge >= 0.3 is 5.97 Å². The van der Waals surface area contributed by atoms with Gasteiger partial charge in [0.05, 0.1) is 5.56 Å². The number of benzene rings is 3. The van der Waals surface area contributed by atoms with Gasteiger partial charge in [-0.15, -0.1) is 0 Å². The quantitative estimate of drug-likeness (QED) is 0.652. The Labute approximate surface area is 163 Å². The van der Waals surface area contributed by atoms with Crippen molar-refractivity contribution in [3.8, 4) is 16.9 Å². The number of halogens is 1. The van der Waals surface area contributed by atoms with E-state index in [1.54, 1.807) is 30.3 Å². The minimum Gasteiger partial charge on any atom is -0.487 e. The molecule has 1 atom stereocenters. The smallest absolute Gasteiger partial charge is 0.335 e. The van der Waals surface area contributed by atoms with E-state index in [9.17, 15) is 14.3 Å². The highest BCUT2D eigenvalue weighted by molar-refractivity contribution is 5.89. The highest BCUT2D eigenvalue weighted by atomic mass is 19.1. The number of hydrogen-bond acceptors (Lipinski definition) is 2. The summed E-state index contributed by atoms with van der Waals surface area (Å²) in [6, 6.07) is 19.6. The van der Waals surface area contributed by atoms with E-state index in [1.807, 2.05) is 24.3 Å². The standard InChI is InChI=1S/C24H21FO3/c1-24(15-16-4-2-7-21(25)12-16)11-10-19-13-18(8-9-22(19)28-24)17-5-3-6-20(14-17)23(26)27/h2-9,12-14H,10-11,15H2,1H3,(H,26,27)/t24-/m1/s1. The lowest BCUT2D eigenvalue weighted by Gasteiger charge is -2.36. The van der Waals surface area contributed by atoms with E-state index < -0.39 is 5.97 Å². The van der Waals surface area contributed by atoms with Gasteiger partial charge in [0.15, 0.2) is 0 Å². The molecule has 0 unspecified atom stereocenters. The maximum absolute atomic E-state index is 13.5. The van der Waals surface area contributed by atoms with Gasteiger partial charge in [-0.25, -0.2) is 9.18 Å². The lowest BCUT2D eigenvalue weighted by Crippen LogP contribution is -2.38. The van der Waals surface area contributed by atoms with Crippen LogP contribution in [0.1, 0.15) is 34.8 Å². The van der Waals surface area contributed by atoms with Crippen molar-refractivity contribution in [2.24, 2.45) is 0 Å². The zero-order valence-corrected chi connectivity index (χ0v) is 15.6. The molecule has 0 radical (unpaired) electrons. The second kappa shape index (κ2) is 7.12. The molecule has 3 nitrogen and oxygen atoms in total. The van der Waals surface area contributed by atoms with E-state index in [4.69, 9.17) is 4.74 Å². The van der Waals surface area contributed by atoms with Gasteiger partial charge in [-0.1, -0.05) is 30.3 Å². The molecule has 0 aliphatic carbocycles. The Balaban J connectivity index is 1.57. The number of carboxylic acid groups (broad SMARTS) is 1. The number of hydrogen-bond donors (Lipinski definition) is 1. The second-order valence-electron chi connectivity index (χ2n) is 7.57. The summed E-state index contributed by atoms with van der Waals surface area (Å²) in [5.41, 5.74) is 3.76. The first kappa shape index (κ1) is 18.2. The van der Waals surface area contributed by atoms with Crippen molar-refractivity contribution in [1.29, 1.82) is 0 Å². The van der Waals surface area contributed by atoms with Crippen molar-refractivity contribution >= 4 is 5.97 Å². The van der Waals surface area contributed by atoms with Crippen molar-refractivity contribution in [3.05, 3.63) is 89.2 Å². The van der Waals surface area contributed by atoms with Crippen LogP contribution in [0.4, 0.5) is 4.39 Å². The third-order valence-electron chi connectivity index (χ3n) is 5.25. The number of rotatable bonds is 4. The molecular formula is C24H21FO3. The predicted octanol–water partition coefficient (Wildman–Crippen LogP) is 5.52. The molecule has 0 aromatic heterocycles. The topological polar surface area (TPSA) is 46.5 Å². The summed E-state index contributed by atoms with van der Waals surface area (Å²) in [6.07, 6.45) is 2.33. The number of aromatic carboxylic acids is 1. The highest BCUT2D eigenvalue weighted by Gasteiger charge is 2.32. The molecule has 0 bridgehead atoms. The van der Waals surface area contributed by atoms with Crippen LogP contribution in [0, 0.1) is 5.82 Å². The van der Waals surface area contributed by atoms with Gasteiger partial charge in [-0.2, -0.15) is 0 Å². The normalized spacial score (nSPS) is 18.2. The Morgan fingerprint density at radius 2 is 1.86 bits per heavy atom. The largest absolute Gasteiger partial charge is 0.487 e. The molecule has 1 heterocycles. The average molecular weight is 376 g/mol. The SMILES string of the molecule is C[C@]1(Cc2cccc(F)c2)CCc2cc(-c3cccc(C(=O)O)c3)ccc2O1. The van der Waals surface area contributed by atoms with Crippen LogP contribution in [0.3, 0.4) is 0 Å². The molecule has 4 heteroatoms. The number of carbonyl (C=O) groups is 1. The fourth-order valence-corrected chi connectivity index (χ4v) is 3.80. The minimum atomic E-state index is -0.934. The Hall–Kier alpha value is -3.14. The molecule has 3 aromatic carbocycles. The van der Waals surface area contributed by atoms with Gasteiger partial charge in [0, 0.05) is 6.42 Å². The van der Waals surface area contributed by atoms with Crippen LogP contribution >= 0.6 is 0 Å². The number of fused-ring (bicyclic) bond motifs is 1. The van der Waals surface area contributed by atoms with Crippen molar-refractivity contribution in [2.45, 2.75) is 31.8 Å². The van der Waals surface area contributed by atoms with E-state index in [0.717, 1.165) is 40.8 Å². The summed E-state index contributed by atoms with van der Waals surface area (Å²) >= 11 is 0. The van der Waals surface area contributed by atoms with Crippen molar-refractivity contribution in [1.82, 2.24) is 0 Å². The van der Waals surface area contributed by atoms with Gasteiger partial charge < -0.3 is 9.84 Å². The summed E-state index contributed by atoms with van der Waals surface area (Å²) in [7, 11) is 0. The molecule has 1 N–H and O–H groups in total. The third-order valence-corrected chi connectivity index (χ3v) is 5.25. The Bertz CT molecular complexity index is 1040. The maximum atomic E-state index is 13.5. The number of aryl methyl sites for hydroxylation is 1. The molecule has 28 heavy (non-hydrogen) atoms. The lowest BCUT2D eigenvalue weighted by atomic mass is 9.86. The predicted molar refractivity (Wildman–Crippen MR) is 106 cm³/mol. The Kier molecular flexibility index (Phi) is 4.63. The van der Waals surface area contributed by atoms with Crippen molar-refractivity contribution in [3.63, 3.8) is 0 Å². The third kappa shape index (κ3) is 3.77. The van der Waals surface area contributed by atoms with Crippen LogP contribution in [0.15, 0.2) is 66.7 Å². The molecule has 0 fully saturated rings. The molecule has 0 amide bonds. The zero-order chi connectivity index (χ0) is 19.7. The summed E-state index contributed by atoms with van der Waals surface area (Å²) in [5.74, 6) is -0.329. The molecule has 0 saturated carbocycles. The molecule has 1 aliphatic heterocycles. The maximum Gasteiger partial charge on any atom is 0.335 e. The van der Waals surface area contributed by atoms with Crippen LogP contribution < -0.4 is 4.74 Å². The highest BCUT2D eigenvalue weighted by Crippen LogP contribution is 2.37. The molecular weight excluding hydrogens is 355 g/mol. The monoisotopic (exact) mass is 376 g/mol. The van der Waals surface area contributed by atoms with E-state index >= 15 is 0 Å². The first-order valence-electron chi connectivity index (χ1n) is 9.32. The first-order valence-corrected chi connectivity index (χ1v) is 9.32. The molecule has 0 spiro atoms. The number of carboxylic acids is 1. The van der Waals surface area contributed by atoms with Crippen LogP contribution in [0.2, 0.25) is 0 Å². The van der Waals surface area contributed by atoms with Crippen LogP contribution in [0.5, 0.6) is 5.75 Å². The van der Waals surface area contributed by atoms with Gasteiger partial charge in [0.25, 0.3) is 0 Å². The fraction of sp³-hybridized carbons (Fsp3) is 0.208. The van der Waals surface area contributed by atoms with E-state index in [1.165, 1.54) is 6.07 Å². The van der Waals surface area contributed by atoms with E-state index in [-0.39, 0.29) is 17.0 Å². The van der Waals surface area contributed by atoms with E-state index in [0.29, 0.717) is 6.42 Å². The second-order valence-corrected chi connectivity index (χ2v) is 7.57. The van der Waals surface area contributed by atoms with Gasteiger partial charge in [-0.3, -0.25) is 0 Å². The molecule has 0 saturated heterocycles. The van der Waals surface area contributed by atoms with Crippen molar-refractivity contribution < 1.29 is 19.0 Å². The minimum absolute atomic E-state index is 0.231. The number of ether oxygens (including phenoxy) is 1. The summed E-state index contributed by atoms with van der Waals surface area (Å²) in [4.78, 5) is 11.2. The Morgan fingerprint density at radius 3 is 2.64 bits per heavy atom. The fourth-order valence-electron chi connectivity index (χ4n) is 3.80. The summed E-state index contributed by atoms with van der Waals surface area (Å²) < 4.78 is 19.8. The Morgan fingerprint density at radius 1 is 1.07 bits per heavy atom. The molecule has 142 valence electrons. The van der Waals surface area contributed by atoms with Crippen LogP contribution in [-0.2, 0) is 12.8 Å². The van der Waals surface area contributed by atoms with Crippen LogP contribution in [0.25, 0.3) is 11.1 Å². The summed E-state index contributed by atoms with van der Waals surface area (Å²) in [6.45, 7) is 2.06. The molecule has 4 rings (SSSR count). The van der Waals surface area contributed by atoms with E-state index in [2.05, 4.69) is 13.0 Å². The average Bonchev–Trinajstić information content (AvgIpc) is 2.67. The first-order chi connectivity index (χ1) is 13.4. The summed E-state index contributed by atoms with van der Waals surface area (Å²) in [5, 5.41) is 9.20. The van der Waals surface area contributed by atoms with Crippen molar-refractivity contribution in [2.75, 3.05) is 0 Å². The van der Waals surface area contributed by atoms with Gasteiger partial charge in [-0.05, 0) is 78.4 Å². The molecule has 1 aliphatic rings. The zero-order valence-electron chi connectivity index (χ0n) is 15.6. The van der Waals surface area contributed by atoms with Crippen LogP contribution in [-0.4, -0.2) is 16.7 Å². The van der Waals surface area contributed by atoms with Gasteiger partial charge in [0.1, 0.15) is 17.2 Å².